The molecule has 0 bridgehead atoms. The Morgan fingerprint density at radius 3 is 2.26 bits per heavy atom. The van der Waals surface area contributed by atoms with E-state index >= 15 is 0 Å². The van der Waals surface area contributed by atoms with Crippen LogP contribution < -0.4 is 10.6 Å². The summed E-state index contributed by atoms with van der Waals surface area (Å²) < 4.78 is 0. The van der Waals surface area contributed by atoms with Crippen LogP contribution in [0.3, 0.4) is 0 Å². The second kappa shape index (κ2) is 7.09. The summed E-state index contributed by atoms with van der Waals surface area (Å²) >= 11 is 0. The Hall–Kier alpha value is -2.63. The molecule has 0 unspecified atom stereocenters. The van der Waals surface area contributed by atoms with Crippen LogP contribution in [-0.4, -0.2) is 28.4 Å². The molecule has 0 aromatic heterocycles. The number of nitrogens with one attached hydrogen (secondary N) is 2. The van der Waals surface area contributed by atoms with Crippen molar-refractivity contribution in [3.8, 4) is 0 Å². The Labute approximate surface area is 134 Å². The van der Waals surface area contributed by atoms with Gasteiger partial charge in [-0.25, -0.2) is 4.79 Å². The van der Waals surface area contributed by atoms with Gasteiger partial charge in [0.25, 0.3) is 0 Å². The van der Waals surface area contributed by atoms with Gasteiger partial charge in [-0.1, -0.05) is 25.0 Å². The quantitative estimate of drug-likeness (QED) is 0.725. The molecule has 0 radical (unpaired) electrons. The Bertz CT molecular complexity index is 628. The first kappa shape index (κ1) is 16.7. The number of carboxylic acid groups (broad SMARTS) is 1. The molecule has 1 fully saturated rings. The van der Waals surface area contributed by atoms with E-state index < -0.39 is 11.5 Å². The lowest BCUT2D eigenvalue weighted by Gasteiger charge is -2.28. The molecule has 3 N–H and O–H groups in total. The fourth-order valence-electron chi connectivity index (χ4n) is 2.82. The number of carbonyl (C=O) groups excluding carboxylic acids is 2. The number of carboxylic acids is 1. The molecular weight excluding hydrogens is 296 g/mol. The minimum atomic E-state index is -1.01. The third kappa shape index (κ3) is 4.42. The van der Waals surface area contributed by atoms with Crippen molar-refractivity contribution in [3.05, 3.63) is 35.9 Å². The van der Waals surface area contributed by atoms with Gasteiger partial charge < -0.3 is 15.7 Å². The van der Waals surface area contributed by atoms with E-state index in [1.165, 1.54) is 13.0 Å². The van der Waals surface area contributed by atoms with Gasteiger partial charge in [0.1, 0.15) is 5.54 Å². The zero-order chi connectivity index (χ0) is 16.9. The molecule has 2 amide bonds. The molecule has 6 heteroatoms. The van der Waals surface area contributed by atoms with Crippen molar-refractivity contribution in [2.45, 2.75) is 38.1 Å². The summed E-state index contributed by atoms with van der Waals surface area (Å²) in [6.45, 7) is 1.41. The Balaban J connectivity index is 2.07. The van der Waals surface area contributed by atoms with Crippen molar-refractivity contribution in [2.24, 2.45) is 0 Å². The third-order valence-corrected chi connectivity index (χ3v) is 3.89. The molecule has 2 rings (SSSR count). The molecule has 0 saturated heterocycles. The van der Waals surface area contributed by atoms with Crippen LogP contribution in [0.4, 0.5) is 5.69 Å². The largest absolute Gasteiger partial charge is 0.478 e. The predicted molar refractivity (Wildman–Crippen MR) is 86.8 cm³/mol. The van der Waals surface area contributed by atoms with Crippen LogP contribution in [0.2, 0.25) is 0 Å². The smallest absolute Gasteiger partial charge is 0.328 e. The van der Waals surface area contributed by atoms with Gasteiger partial charge >= 0.3 is 5.97 Å². The second-order valence-electron chi connectivity index (χ2n) is 5.72. The van der Waals surface area contributed by atoms with Gasteiger partial charge in [0.15, 0.2) is 0 Å². The van der Waals surface area contributed by atoms with E-state index in [-0.39, 0.29) is 11.8 Å². The Morgan fingerprint density at radius 2 is 1.74 bits per heavy atom. The molecule has 1 aromatic carbocycles. The lowest BCUT2D eigenvalue weighted by Crippen LogP contribution is -2.54. The number of hydrogen-bond donors (Lipinski definition) is 3. The second-order valence-corrected chi connectivity index (χ2v) is 5.72. The zero-order valence-electron chi connectivity index (χ0n) is 13.0. The minimum absolute atomic E-state index is 0.209. The van der Waals surface area contributed by atoms with Gasteiger partial charge in [-0.15, -0.1) is 0 Å². The first-order valence-electron chi connectivity index (χ1n) is 7.53. The van der Waals surface area contributed by atoms with E-state index in [1.54, 1.807) is 24.3 Å². The average Bonchev–Trinajstić information content (AvgIpc) is 2.95. The topological polar surface area (TPSA) is 95.5 Å². The standard InChI is InChI=1S/C17H20N2O4/c1-12(20)19-17(10-2-3-11-17)16(23)18-14-7-4-13(5-8-14)6-9-15(21)22/h4-9H,2-3,10-11H2,1H3,(H,18,23)(H,19,20)(H,21,22)/b9-6+. The molecule has 0 spiro atoms. The van der Waals surface area contributed by atoms with Crippen molar-refractivity contribution in [1.82, 2.24) is 5.32 Å². The van der Waals surface area contributed by atoms with Gasteiger partial charge in [0, 0.05) is 18.7 Å². The number of rotatable bonds is 5. The lowest BCUT2D eigenvalue weighted by molar-refractivity contribution is -0.131. The molecule has 1 saturated carbocycles. The summed E-state index contributed by atoms with van der Waals surface area (Å²) in [4.78, 5) is 34.4. The summed E-state index contributed by atoms with van der Waals surface area (Å²) in [5, 5.41) is 14.2. The van der Waals surface area contributed by atoms with E-state index in [1.807, 2.05) is 0 Å². The van der Waals surface area contributed by atoms with Crippen molar-refractivity contribution >= 4 is 29.5 Å². The van der Waals surface area contributed by atoms with Gasteiger partial charge in [0.2, 0.25) is 11.8 Å². The highest BCUT2D eigenvalue weighted by Crippen LogP contribution is 2.31. The minimum Gasteiger partial charge on any atom is -0.478 e. The molecule has 23 heavy (non-hydrogen) atoms. The van der Waals surface area contributed by atoms with Crippen molar-refractivity contribution in [1.29, 1.82) is 0 Å². The van der Waals surface area contributed by atoms with Crippen molar-refractivity contribution < 1.29 is 19.5 Å². The fourth-order valence-corrected chi connectivity index (χ4v) is 2.82. The molecule has 122 valence electrons. The number of benzene rings is 1. The number of hydrogen-bond acceptors (Lipinski definition) is 3. The van der Waals surface area contributed by atoms with Crippen LogP contribution in [0, 0.1) is 0 Å². The monoisotopic (exact) mass is 316 g/mol. The van der Waals surface area contributed by atoms with Gasteiger partial charge in [-0.05, 0) is 36.6 Å². The third-order valence-electron chi connectivity index (χ3n) is 3.89. The average molecular weight is 316 g/mol. The summed E-state index contributed by atoms with van der Waals surface area (Å²) in [5.41, 5.74) is 0.509. The van der Waals surface area contributed by atoms with E-state index in [0.29, 0.717) is 18.5 Å². The Kier molecular flexibility index (Phi) is 5.16. The highest BCUT2D eigenvalue weighted by atomic mass is 16.4. The van der Waals surface area contributed by atoms with E-state index in [9.17, 15) is 14.4 Å². The SMILES string of the molecule is CC(=O)NC1(C(=O)Nc2ccc(/C=C/C(=O)O)cc2)CCCC1. The first-order chi connectivity index (χ1) is 10.9. The highest BCUT2D eigenvalue weighted by Gasteiger charge is 2.41. The summed E-state index contributed by atoms with van der Waals surface area (Å²) in [7, 11) is 0. The van der Waals surface area contributed by atoms with Crippen LogP contribution in [0.1, 0.15) is 38.2 Å². The number of carbonyl (C=O) groups is 3. The predicted octanol–water partition coefficient (Wildman–Crippen LogP) is 2.17. The maximum atomic E-state index is 12.6. The molecular formula is C17H20N2O4. The van der Waals surface area contributed by atoms with Crippen LogP contribution in [0.15, 0.2) is 30.3 Å². The normalized spacial score (nSPS) is 16.2. The summed E-state index contributed by atoms with van der Waals surface area (Å²) in [5.74, 6) is -1.43. The van der Waals surface area contributed by atoms with Gasteiger partial charge in [-0.3, -0.25) is 9.59 Å². The fraction of sp³-hybridized carbons (Fsp3) is 0.353. The van der Waals surface area contributed by atoms with Gasteiger partial charge in [0.05, 0.1) is 0 Å². The molecule has 0 atom stereocenters. The molecule has 1 aromatic rings. The van der Waals surface area contributed by atoms with Crippen LogP contribution in [-0.2, 0) is 14.4 Å². The van der Waals surface area contributed by atoms with Gasteiger partial charge in [-0.2, -0.15) is 0 Å². The highest BCUT2D eigenvalue weighted by molar-refractivity contribution is 6.00. The van der Waals surface area contributed by atoms with Crippen molar-refractivity contribution in [2.75, 3.05) is 5.32 Å². The lowest BCUT2D eigenvalue weighted by atomic mass is 9.96. The molecule has 1 aliphatic carbocycles. The van der Waals surface area contributed by atoms with E-state index in [2.05, 4.69) is 10.6 Å². The van der Waals surface area contributed by atoms with E-state index in [4.69, 9.17) is 5.11 Å². The van der Waals surface area contributed by atoms with E-state index in [0.717, 1.165) is 24.5 Å². The van der Waals surface area contributed by atoms with Crippen LogP contribution in [0.25, 0.3) is 6.08 Å². The van der Waals surface area contributed by atoms with Crippen LogP contribution in [0.5, 0.6) is 0 Å². The number of anilines is 1. The molecule has 0 heterocycles. The maximum absolute atomic E-state index is 12.6. The van der Waals surface area contributed by atoms with Crippen LogP contribution >= 0.6 is 0 Å². The first-order valence-corrected chi connectivity index (χ1v) is 7.53. The number of aliphatic carboxylic acids is 1. The maximum Gasteiger partial charge on any atom is 0.328 e. The number of amides is 2. The molecule has 0 aliphatic heterocycles. The zero-order valence-corrected chi connectivity index (χ0v) is 13.0. The molecule has 1 aliphatic rings. The molecule has 6 nitrogen and oxygen atoms in total. The van der Waals surface area contributed by atoms with Crippen molar-refractivity contribution in [3.63, 3.8) is 0 Å². The summed E-state index contributed by atoms with van der Waals surface area (Å²) in [6.07, 6.45) is 5.62. The summed E-state index contributed by atoms with van der Waals surface area (Å²) in [6, 6.07) is 6.84. The Morgan fingerprint density at radius 1 is 1.13 bits per heavy atom.